The Morgan fingerprint density at radius 2 is 2.46 bits per heavy atom. The molecule has 0 atom stereocenters. The number of oxazole rings is 1. The SMILES string of the molecule is COC(=O)c1ncoc1C1CCC1. The zero-order valence-electron chi connectivity index (χ0n) is 7.45. The van der Waals surface area contributed by atoms with Gasteiger partial charge >= 0.3 is 5.97 Å². The molecule has 1 fully saturated rings. The fraction of sp³-hybridized carbons (Fsp3) is 0.556. The van der Waals surface area contributed by atoms with E-state index in [9.17, 15) is 4.79 Å². The minimum absolute atomic E-state index is 0.340. The molecule has 0 aliphatic heterocycles. The first kappa shape index (κ1) is 8.29. The van der Waals surface area contributed by atoms with Gasteiger partial charge in [0.2, 0.25) is 0 Å². The highest BCUT2D eigenvalue weighted by Gasteiger charge is 2.29. The van der Waals surface area contributed by atoms with E-state index in [-0.39, 0.29) is 0 Å². The molecule has 0 saturated heterocycles. The molecule has 0 aromatic carbocycles. The highest BCUT2D eigenvalue weighted by Crippen LogP contribution is 2.37. The summed E-state index contributed by atoms with van der Waals surface area (Å²) in [6.45, 7) is 0. The van der Waals surface area contributed by atoms with E-state index in [1.54, 1.807) is 0 Å². The molecule has 1 heterocycles. The lowest BCUT2D eigenvalue weighted by Crippen LogP contribution is -2.13. The molecule has 1 saturated carbocycles. The van der Waals surface area contributed by atoms with Gasteiger partial charge in [-0.2, -0.15) is 0 Å². The number of hydrogen-bond donors (Lipinski definition) is 0. The Kier molecular flexibility index (Phi) is 2.04. The summed E-state index contributed by atoms with van der Waals surface area (Å²) in [6, 6.07) is 0. The monoisotopic (exact) mass is 181 g/mol. The van der Waals surface area contributed by atoms with E-state index in [1.807, 2.05) is 0 Å². The van der Waals surface area contributed by atoms with Gasteiger partial charge in [-0.15, -0.1) is 0 Å². The van der Waals surface area contributed by atoms with Gasteiger partial charge in [0.1, 0.15) is 5.76 Å². The first-order valence-electron chi connectivity index (χ1n) is 4.34. The smallest absolute Gasteiger partial charge is 0.360 e. The second kappa shape index (κ2) is 3.20. The van der Waals surface area contributed by atoms with Gasteiger partial charge in [0.15, 0.2) is 12.1 Å². The van der Waals surface area contributed by atoms with Gasteiger partial charge in [0.25, 0.3) is 0 Å². The maximum absolute atomic E-state index is 11.2. The Balaban J connectivity index is 2.24. The van der Waals surface area contributed by atoms with Crippen LogP contribution in [0.4, 0.5) is 0 Å². The molecule has 13 heavy (non-hydrogen) atoms. The third kappa shape index (κ3) is 1.32. The van der Waals surface area contributed by atoms with Crippen LogP contribution in [0, 0.1) is 0 Å². The van der Waals surface area contributed by atoms with Gasteiger partial charge in [0, 0.05) is 5.92 Å². The molecule has 0 bridgehead atoms. The minimum Gasteiger partial charge on any atom is -0.464 e. The third-order valence-corrected chi connectivity index (χ3v) is 2.45. The van der Waals surface area contributed by atoms with E-state index in [0.29, 0.717) is 17.4 Å². The molecule has 4 nitrogen and oxygen atoms in total. The quantitative estimate of drug-likeness (QED) is 0.652. The molecule has 0 radical (unpaired) electrons. The Hall–Kier alpha value is -1.32. The van der Waals surface area contributed by atoms with Crippen LogP contribution in [-0.4, -0.2) is 18.1 Å². The number of rotatable bonds is 2. The van der Waals surface area contributed by atoms with Crippen molar-refractivity contribution >= 4 is 5.97 Å². The first-order chi connectivity index (χ1) is 6.33. The number of carbonyl (C=O) groups excluding carboxylic acids is 1. The normalized spacial score (nSPS) is 16.7. The number of methoxy groups -OCH3 is 1. The van der Waals surface area contributed by atoms with E-state index in [4.69, 9.17) is 4.42 Å². The van der Waals surface area contributed by atoms with E-state index < -0.39 is 5.97 Å². The van der Waals surface area contributed by atoms with Crippen LogP contribution in [0.1, 0.15) is 41.4 Å². The van der Waals surface area contributed by atoms with Crippen LogP contribution >= 0.6 is 0 Å². The maximum atomic E-state index is 11.2. The fourth-order valence-corrected chi connectivity index (χ4v) is 1.47. The summed E-state index contributed by atoms with van der Waals surface area (Å²) in [4.78, 5) is 15.0. The second-order valence-corrected chi connectivity index (χ2v) is 3.18. The molecule has 1 aromatic rings. The van der Waals surface area contributed by atoms with Crippen LogP contribution in [0.5, 0.6) is 0 Å². The van der Waals surface area contributed by atoms with Crippen LogP contribution in [-0.2, 0) is 4.74 Å². The zero-order valence-corrected chi connectivity index (χ0v) is 7.45. The van der Waals surface area contributed by atoms with Crippen molar-refractivity contribution in [2.24, 2.45) is 0 Å². The van der Waals surface area contributed by atoms with Crippen molar-refractivity contribution in [3.8, 4) is 0 Å². The summed E-state index contributed by atoms with van der Waals surface area (Å²) in [7, 11) is 1.35. The van der Waals surface area contributed by atoms with E-state index in [0.717, 1.165) is 12.8 Å². The Bertz CT molecular complexity index is 314. The van der Waals surface area contributed by atoms with Gasteiger partial charge < -0.3 is 9.15 Å². The van der Waals surface area contributed by atoms with Crippen molar-refractivity contribution in [3.05, 3.63) is 17.8 Å². The van der Waals surface area contributed by atoms with Crippen molar-refractivity contribution < 1.29 is 13.9 Å². The van der Waals surface area contributed by atoms with E-state index in [2.05, 4.69) is 9.72 Å². The molecule has 1 aliphatic rings. The topological polar surface area (TPSA) is 52.3 Å². The number of ether oxygens (including phenoxy) is 1. The molecule has 0 spiro atoms. The lowest BCUT2D eigenvalue weighted by atomic mass is 9.83. The molecular formula is C9H11NO3. The fourth-order valence-electron chi connectivity index (χ4n) is 1.47. The van der Waals surface area contributed by atoms with Gasteiger partial charge in [-0.1, -0.05) is 6.42 Å². The zero-order chi connectivity index (χ0) is 9.26. The van der Waals surface area contributed by atoms with Crippen LogP contribution in [0.2, 0.25) is 0 Å². The number of hydrogen-bond acceptors (Lipinski definition) is 4. The Morgan fingerprint density at radius 1 is 1.69 bits per heavy atom. The van der Waals surface area contributed by atoms with Crippen LogP contribution in [0.15, 0.2) is 10.8 Å². The summed E-state index contributed by atoms with van der Waals surface area (Å²) >= 11 is 0. The largest absolute Gasteiger partial charge is 0.464 e. The minimum atomic E-state index is -0.407. The van der Waals surface area contributed by atoms with Crippen molar-refractivity contribution in [2.75, 3.05) is 7.11 Å². The molecule has 0 N–H and O–H groups in total. The predicted molar refractivity (Wildman–Crippen MR) is 44.4 cm³/mol. The summed E-state index contributed by atoms with van der Waals surface area (Å²) < 4.78 is 9.77. The van der Waals surface area contributed by atoms with Crippen LogP contribution < -0.4 is 0 Å². The molecule has 1 aliphatic carbocycles. The maximum Gasteiger partial charge on any atom is 0.360 e. The average molecular weight is 181 g/mol. The number of esters is 1. The Morgan fingerprint density at radius 3 is 3.00 bits per heavy atom. The Labute approximate surface area is 75.9 Å². The van der Waals surface area contributed by atoms with Gasteiger partial charge in [0.05, 0.1) is 7.11 Å². The number of aromatic nitrogens is 1. The summed E-state index contributed by atoms with van der Waals surface area (Å²) in [5.74, 6) is 0.658. The summed E-state index contributed by atoms with van der Waals surface area (Å²) in [5, 5.41) is 0. The molecule has 4 heteroatoms. The van der Waals surface area contributed by atoms with Crippen molar-refractivity contribution in [3.63, 3.8) is 0 Å². The van der Waals surface area contributed by atoms with E-state index in [1.165, 1.54) is 19.9 Å². The van der Waals surface area contributed by atoms with Crippen molar-refractivity contribution in [1.29, 1.82) is 0 Å². The van der Waals surface area contributed by atoms with Gasteiger partial charge in [-0.25, -0.2) is 9.78 Å². The molecule has 1 aromatic heterocycles. The molecule has 2 rings (SSSR count). The van der Waals surface area contributed by atoms with Gasteiger partial charge in [-0.3, -0.25) is 0 Å². The molecule has 70 valence electrons. The second-order valence-electron chi connectivity index (χ2n) is 3.18. The number of carbonyl (C=O) groups is 1. The lowest BCUT2D eigenvalue weighted by molar-refractivity contribution is 0.0590. The predicted octanol–water partition coefficient (Wildman–Crippen LogP) is 1.73. The lowest BCUT2D eigenvalue weighted by Gasteiger charge is -2.22. The highest BCUT2D eigenvalue weighted by atomic mass is 16.5. The standard InChI is InChI=1S/C9H11NO3/c1-12-9(11)7-8(13-5-10-7)6-3-2-4-6/h5-6H,2-4H2,1H3. The molecule has 0 unspecified atom stereocenters. The summed E-state index contributed by atoms with van der Waals surface area (Å²) in [5.41, 5.74) is 0.340. The van der Waals surface area contributed by atoms with Gasteiger partial charge in [-0.05, 0) is 12.8 Å². The highest BCUT2D eigenvalue weighted by molar-refractivity contribution is 5.88. The van der Waals surface area contributed by atoms with Crippen molar-refractivity contribution in [1.82, 2.24) is 4.98 Å². The molecular weight excluding hydrogens is 170 g/mol. The van der Waals surface area contributed by atoms with Crippen molar-refractivity contribution in [2.45, 2.75) is 25.2 Å². The third-order valence-electron chi connectivity index (χ3n) is 2.45. The van der Waals surface area contributed by atoms with Crippen LogP contribution in [0.3, 0.4) is 0 Å². The van der Waals surface area contributed by atoms with Crippen LogP contribution in [0.25, 0.3) is 0 Å². The average Bonchev–Trinajstić information content (AvgIpc) is 2.49. The summed E-state index contributed by atoms with van der Waals surface area (Å²) in [6.07, 6.45) is 4.67. The first-order valence-corrected chi connectivity index (χ1v) is 4.34. The molecule has 0 amide bonds. The number of nitrogens with zero attached hydrogens (tertiary/aromatic N) is 1. The van der Waals surface area contributed by atoms with E-state index >= 15 is 0 Å².